The van der Waals surface area contributed by atoms with Crippen molar-refractivity contribution in [1.29, 1.82) is 0 Å². The molecule has 2 atom stereocenters. The summed E-state index contributed by atoms with van der Waals surface area (Å²) >= 11 is 0. The van der Waals surface area contributed by atoms with E-state index in [1.54, 1.807) is 47.6 Å². The van der Waals surface area contributed by atoms with Gasteiger partial charge in [0.05, 0.1) is 18.3 Å². The second-order valence-electron chi connectivity index (χ2n) is 7.84. The predicted octanol–water partition coefficient (Wildman–Crippen LogP) is 4.96. The first kappa shape index (κ1) is 21.5. The fourth-order valence-corrected chi connectivity index (χ4v) is 3.42. The molecule has 0 saturated carbocycles. The third kappa shape index (κ3) is 4.61. The molecule has 3 aromatic rings. The van der Waals surface area contributed by atoms with Crippen molar-refractivity contribution in [3.63, 3.8) is 0 Å². The van der Waals surface area contributed by atoms with E-state index in [1.807, 2.05) is 20.8 Å². The van der Waals surface area contributed by atoms with Crippen LogP contribution >= 0.6 is 0 Å². The van der Waals surface area contributed by atoms with Crippen LogP contribution in [-0.4, -0.2) is 33.7 Å². The van der Waals surface area contributed by atoms with Crippen LogP contribution in [0.1, 0.15) is 32.4 Å². The Morgan fingerprint density at radius 1 is 1.22 bits per heavy atom. The van der Waals surface area contributed by atoms with Crippen LogP contribution in [0.25, 0.3) is 0 Å². The van der Waals surface area contributed by atoms with E-state index >= 15 is 0 Å². The van der Waals surface area contributed by atoms with Gasteiger partial charge in [0.25, 0.3) is 0 Å². The molecule has 0 bridgehead atoms. The number of hydrogen-bond acceptors (Lipinski definition) is 7. The van der Waals surface area contributed by atoms with Crippen molar-refractivity contribution >= 4 is 17.9 Å². The lowest BCUT2D eigenvalue weighted by atomic mass is 10.0. The minimum absolute atomic E-state index is 0.0934. The molecule has 4 rings (SSSR count). The standard InChI is InChI=1S/C23H24FN5O3/c1-14(2)19-13-31-23(30)29(19)21-8-10-26-22(28-21)27-15(3)16-6-7-20(18(24)11-16)32-17-5-4-9-25-12-17/h4-12,14-15,19H,13H2,1-3H3,(H,26,27,28)/t15-,19+/m0/s1. The lowest BCUT2D eigenvalue weighted by molar-refractivity contribution is 0.177. The van der Waals surface area contributed by atoms with Gasteiger partial charge in [0, 0.05) is 12.4 Å². The van der Waals surface area contributed by atoms with Gasteiger partial charge >= 0.3 is 6.09 Å². The first-order valence-electron chi connectivity index (χ1n) is 10.4. The number of cyclic esters (lactones) is 1. The Kier molecular flexibility index (Phi) is 6.16. The summed E-state index contributed by atoms with van der Waals surface area (Å²) in [4.78, 5) is 26.4. The van der Waals surface area contributed by atoms with E-state index in [0.29, 0.717) is 29.7 Å². The number of ether oxygens (including phenoxy) is 2. The number of anilines is 2. The molecule has 1 saturated heterocycles. The largest absolute Gasteiger partial charge is 0.453 e. The van der Waals surface area contributed by atoms with E-state index in [1.165, 1.54) is 12.3 Å². The summed E-state index contributed by atoms with van der Waals surface area (Å²) in [5.74, 6) is 1.07. The van der Waals surface area contributed by atoms with Crippen LogP contribution in [0, 0.1) is 11.7 Å². The van der Waals surface area contributed by atoms with E-state index in [9.17, 15) is 9.18 Å². The van der Waals surface area contributed by atoms with Crippen LogP contribution in [0.2, 0.25) is 0 Å². The zero-order valence-corrected chi connectivity index (χ0v) is 18.0. The molecule has 1 aliphatic heterocycles. The molecule has 0 radical (unpaired) electrons. The zero-order valence-electron chi connectivity index (χ0n) is 18.0. The number of pyridine rings is 1. The van der Waals surface area contributed by atoms with Gasteiger partial charge in [0.1, 0.15) is 18.2 Å². The summed E-state index contributed by atoms with van der Waals surface area (Å²) < 4.78 is 25.3. The first-order chi connectivity index (χ1) is 15.4. The monoisotopic (exact) mass is 437 g/mol. The van der Waals surface area contributed by atoms with Crippen LogP contribution in [0.15, 0.2) is 55.0 Å². The lowest BCUT2D eigenvalue weighted by Crippen LogP contribution is -2.37. The van der Waals surface area contributed by atoms with E-state index in [2.05, 4.69) is 20.3 Å². The molecule has 0 unspecified atom stereocenters. The number of carbonyl (C=O) groups is 1. The highest BCUT2D eigenvalue weighted by Gasteiger charge is 2.37. The quantitative estimate of drug-likeness (QED) is 0.559. The van der Waals surface area contributed by atoms with Crippen LogP contribution in [0.4, 0.5) is 21.0 Å². The third-order valence-electron chi connectivity index (χ3n) is 5.23. The number of halogens is 1. The second-order valence-corrected chi connectivity index (χ2v) is 7.84. The number of amides is 1. The molecule has 1 aromatic carbocycles. The fraction of sp³-hybridized carbons (Fsp3) is 0.304. The van der Waals surface area contributed by atoms with Gasteiger partial charge in [-0.25, -0.2) is 14.2 Å². The van der Waals surface area contributed by atoms with Crippen molar-refractivity contribution in [2.24, 2.45) is 5.92 Å². The Morgan fingerprint density at radius 2 is 2.06 bits per heavy atom. The van der Waals surface area contributed by atoms with Crippen LogP contribution in [-0.2, 0) is 4.74 Å². The van der Waals surface area contributed by atoms with Gasteiger partial charge in [0.2, 0.25) is 5.95 Å². The maximum absolute atomic E-state index is 14.6. The summed E-state index contributed by atoms with van der Waals surface area (Å²) in [6, 6.07) is 9.44. The first-order valence-corrected chi connectivity index (χ1v) is 10.4. The number of hydrogen-bond donors (Lipinski definition) is 1. The van der Waals surface area contributed by atoms with Crippen LogP contribution < -0.4 is 15.0 Å². The summed E-state index contributed by atoms with van der Waals surface area (Å²) in [5, 5.41) is 3.16. The molecule has 32 heavy (non-hydrogen) atoms. The number of benzene rings is 1. The van der Waals surface area contributed by atoms with Crippen LogP contribution in [0.3, 0.4) is 0 Å². The van der Waals surface area contributed by atoms with Crippen molar-refractivity contribution in [2.75, 3.05) is 16.8 Å². The Hall–Kier alpha value is -3.75. The number of aromatic nitrogens is 3. The summed E-state index contributed by atoms with van der Waals surface area (Å²) in [7, 11) is 0. The summed E-state index contributed by atoms with van der Waals surface area (Å²) in [6.45, 7) is 6.25. The maximum Gasteiger partial charge on any atom is 0.415 e. The van der Waals surface area contributed by atoms with Crippen molar-refractivity contribution in [3.05, 3.63) is 66.4 Å². The molecular formula is C23H24FN5O3. The number of rotatable bonds is 7. The molecule has 0 spiro atoms. The van der Waals surface area contributed by atoms with Crippen molar-refractivity contribution in [1.82, 2.24) is 15.0 Å². The molecule has 8 nitrogen and oxygen atoms in total. The van der Waals surface area contributed by atoms with E-state index in [-0.39, 0.29) is 23.8 Å². The number of carbonyl (C=O) groups excluding carboxylic acids is 1. The normalized spacial score (nSPS) is 16.7. The molecule has 166 valence electrons. The average Bonchev–Trinajstić information content (AvgIpc) is 3.18. The predicted molar refractivity (Wildman–Crippen MR) is 117 cm³/mol. The molecule has 3 heterocycles. The van der Waals surface area contributed by atoms with Gasteiger partial charge in [0.15, 0.2) is 11.6 Å². The molecule has 9 heteroatoms. The highest BCUT2D eigenvalue weighted by Crippen LogP contribution is 2.29. The third-order valence-corrected chi connectivity index (χ3v) is 5.23. The average molecular weight is 437 g/mol. The molecule has 0 aliphatic carbocycles. The van der Waals surface area contributed by atoms with Crippen molar-refractivity contribution in [2.45, 2.75) is 32.9 Å². The summed E-state index contributed by atoms with van der Waals surface area (Å²) in [6.07, 6.45) is 4.28. The molecular weight excluding hydrogens is 413 g/mol. The van der Waals surface area contributed by atoms with Gasteiger partial charge in [-0.1, -0.05) is 19.9 Å². The van der Waals surface area contributed by atoms with Crippen LogP contribution in [0.5, 0.6) is 11.5 Å². The topological polar surface area (TPSA) is 89.5 Å². The molecule has 1 fully saturated rings. The fourth-order valence-electron chi connectivity index (χ4n) is 3.42. The van der Waals surface area contributed by atoms with Crippen molar-refractivity contribution in [3.8, 4) is 11.5 Å². The SMILES string of the molecule is CC(C)[C@H]1COC(=O)N1c1ccnc(N[C@@H](C)c2ccc(Oc3cccnc3)c(F)c2)n1. The Bertz CT molecular complexity index is 1100. The molecule has 2 aromatic heterocycles. The van der Waals surface area contributed by atoms with E-state index in [0.717, 1.165) is 0 Å². The molecule has 1 amide bonds. The minimum atomic E-state index is -0.491. The highest BCUT2D eigenvalue weighted by atomic mass is 19.1. The van der Waals surface area contributed by atoms with Crippen molar-refractivity contribution < 1.29 is 18.7 Å². The van der Waals surface area contributed by atoms with Gasteiger partial charge < -0.3 is 14.8 Å². The number of nitrogens with zero attached hydrogens (tertiary/aromatic N) is 4. The van der Waals surface area contributed by atoms with Gasteiger partial charge in [-0.3, -0.25) is 9.88 Å². The Balaban J connectivity index is 1.48. The lowest BCUT2D eigenvalue weighted by Gasteiger charge is -2.23. The minimum Gasteiger partial charge on any atom is -0.453 e. The van der Waals surface area contributed by atoms with E-state index < -0.39 is 11.9 Å². The van der Waals surface area contributed by atoms with Gasteiger partial charge in [-0.05, 0) is 48.7 Å². The second kappa shape index (κ2) is 9.17. The smallest absolute Gasteiger partial charge is 0.415 e. The van der Waals surface area contributed by atoms with E-state index in [4.69, 9.17) is 9.47 Å². The summed E-state index contributed by atoms with van der Waals surface area (Å²) in [5.41, 5.74) is 0.690. The molecule has 1 aliphatic rings. The zero-order chi connectivity index (χ0) is 22.7. The number of nitrogens with one attached hydrogen (secondary N) is 1. The Labute approximate surface area is 185 Å². The van der Waals surface area contributed by atoms with Gasteiger partial charge in [-0.15, -0.1) is 0 Å². The van der Waals surface area contributed by atoms with Gasteiger partial charge in [-0.2, -0.15) is 4.98 Å². The Morgan fingerprint density at radius 3 is 2.78 bits per heavy atom. The maximum atomic E-state index is 14.6. The highest BCUT2D eigenvalue weighted by molar-refractivity contribution is 5.89. The molecule has 1 N–H and O–H groups in total.